The third-order valence-electron chi connectivity index (χ3n) is 2.95. The van der Waals surface area contributed by atoms with Crippen molar-refractivity contribution in [3.05, 3.63) is 41.5 Å². The maximum Gasteiger partial charge on any atom is 0.217 e. The normalized spacial score (nSPS) is 10.8. The molecule has 0 saturated heterocycles. The van der Waals surface area contributed by atoms with Crippen molar-refractivity contribution in [3.8, 4) is 5.75 Å². The van der Waals surface area contributed by atoms with Crippen LogP contribution < -0.4 is 10.5 Å². The number of rotatable bonds is 4. The van der Waals surface area contributed by atoms with Crippen LogP contribution in [0.2, 0.25) is 0 Å². The van der Waals surface area contributed by atoms with Crippen molar-refractivity contribution in [1.29, 1.82) is 0 Å². The van der Waals surface area contributed by atoms with Crippen molar-refractivity contribution in [2.45, 2.75) is 19.9 Å². The van der Waals surface area contributed by atoms with E-state index in [1.807, 2.05) is 13.8 Å². The van der Waals surface area contributed by atoms with Gasteiger partial charge < -0.3 is 10.5 Å². The number of ether oxygens (including phenoxy) is 1. The lowest BCUT2D eigenvalue weighted by molar-refractivity contribution is 0.102. The summed E-state index contributed by atoms with van der Waals surface area (Å²) in [7, 11) is 1.45. The number of carbonyl (C=O) groups excluding carboxylic acids is 1. The van der Waals surface area contributed by atoms with Gasteiger partial charge in [-0.25, -0.2) is 4.39 Å². The zero-order valence-electron chi connectivity index (χ0n) is 11.6. The smallest absolute Gasteiger partial charge is 0.217 e. The van der Waals surface area contributed by atoms with Gasteiger partial charge in [-0.05, 0) is 32.0 Å². The zero-order valence-corrected chi connectivity index (χ0v) is 11.6. The average molecular weight is 277 g/mol. The summed E-state index contributed by atoms with van der Waals surface area (Å²) in [4.78, 5) is 12.6. The highest BCUT2D eigenvalue weighted by Gasteiger charge is 2.24. The molecule has 0 bridgehead atoms. The Morgan fingerprint density at radius 2 is 2.15 bits per heavy atom. The molecule has 0 aliphatic rings. The molecule has 0 saturated carbocycles. The second-order valence-electron chi connectivity index (χ2n) is 4.66. The van der Waals surface area contributed by atoms with Gasteiger partial charge in [0.1, 0.15) is 5.82 Å². The molecule has 0 unspecified atom stereocenters. The van der Waals surface area contributed by atoms with Gasteiger partial charge in [0.15, 0.2) is 11.4 Å². The van der Waals surface area contributed by atoms with Crippen LogP contribution in [0, 0.1) is 5.82 Å². The third kappa shape index (κ3) is 2.36. The van der Waals surface area contributed by atoms with Crippen molar-refractivity contribution in [2.75, 3.05) is 12.8 Å². The first-order chi connectivity index (χ1) is 9.45. The Balaban J connectivity index is 2.58. The highest BCUT2D eigenvalue weighted by molar-refractivity contribution is 6.12. The molecule has 1 heterocycles. The van der Waals surface area contributed by atoms with Gasteiger partial charge in [0.2, 0.25) is 5.78 Å². The largest absolute Gasteiger partial charge is 0.493 e. The molecule has 0 fully saturated rings. The van der Waals surface area contributed by atoms with Gasteiger partial charge in [0.25, 0.3) is 0 Å². The van der Waals surface area contributed by atoms with Gasteiger partial charge >= 0.3 is 0 Å². The quantitative estimate of drug-likeness (QED) is 0.688. The standard InChI is InChI=1S/C14H16FN3O2/c1-8(2)18-13(12(20-3)7-17-18)14(19)10-6-9(15)4-5-11(10)16/h4-8H,16H2,1-3H3. The van der Waals surface area contributed by atoms with E-state index < -0.39 is 11.6 Å². The molecule has 0 radical (unpaired) electrons. The molecule has 0 atom stereocenters. The van der Waals surface area contributed by atoms with Crippen LogP contribution >= 0.6 is 0 Å². The van der Waals surface area contributed by atoms with Crippen LogP contribution in [0.25, 0.3) is 0 Å². The fraction of sp³-hybridized carbons (Fsp3) is 0.286. The second-order valence-corrected chi connectivity index (χ2v) is 4.66. The van der Waals surface area contributed by atoms with Crippen LogP contribution in [-0.2, 0) is 0 Å². The lowest BCUT2D eigenvalue weighted by Gasteiger charge is -2.12. The van der Waals surface area contributed by atoms with Crippen molar-refractivity contribution in [2.24, 2.45) is 0 Å². The molecular weight excluding hydrogens is 261 g/mol. The SMILES string of the molecule is COc1cnn(C(C)C)c1C(=O)c1cc(F)ccc1N. The number of methoxy groups -OCH3 is 1. The molecule has 2 aromatic rings. The summed E-state index contributed by atoms with van der Waals surface area (Å²) in [5, 5.41) is 4.12. The number of nitrogen functional groups attached to an aromatic ring is 1. The van der Waals surface area contributed by atoms with E-state index in [9.17, 15) is 9.18 Å². The molecule has 106 valence electrons. The van der Waals surface area contributed by atoms with Gasteiger partial charge in [0.05, 0.1) is 18.9 Å². The summed E-state index contributed by atoms with van der Waals surface area (Å²) in [6.45, 7) is 3.77. The highest BCUT2D eigenvalue weighted by Crippen LogP contribution is 2.26. The molecule has 0 amide bonds. The molecule has 5 nitrogen and oxygen atoms in total. The Labute approximate surface area is 116 Å². The van der Waals surface area contributed by atoms with E-state index in [1.54, 1.807) is 0 Å². The van der Waals surface area contributed by atoms with Crippen LogP contribution in [0.15, 0.2) is 24.4 Å². The monoisotopic (exact) mass is 277 g/mol. The van der Waals surface area contributed by atoms with Crippen molar-refractivity contribution in [1.82, 2.24) is 9.78 Å². The van der Waals surface area contributed by atoms with Crippen molar-refractivity contribution in [3.63, 3.8) is 0 Å². The third-order valence-corrected chi connectivity index (χ3v) is 2.95. The number of nitrogens with zero attached hydrogens (tertiary/aromatic N) is 2. The van der Waals surface area contributed by atoms with E-state index in [2.05, 4.69) is 5.10 Å². The van der Waals surface area contributed by atoms with Gasteiger partial charge in [-0.3, -0.25) is 9.48 Å². The van der Waals surface area contributed by atoms with Gasteiger partial charge in [-0.15, -0.1) is 0 Å². The van der Waals surface area contributed by atoms with Gasteiger partial charge in [-0.2, -0.15) is 5.10 Å². The molecule has 0 aliphatic carbocycles. The fourth-order valence-corrected chi connectivity index (χ4v) is 1.96. The number of halogens is 1. The summed E-state index contributed by atoms with van der Waals surface area (Å²) >= 11 is 0. The van der Waals surface area contributed by atoms with Gasteiger partial charge in [0, 0.05) is 11.7 Å². The summed E-state index contributed by atoms with van der Waals surface area (Å²) in [6.07, 6.45) is 1.46. The van der Waals surface area contributed by atoms with E-state index >= 15 is 0 Å². The van der Waals surface area contributed by atoms with Crippen LogP contribution in [0.4, 0.5) is 10.1 Å². The Morgan fingerprint density at radius 1 is 1.45 bits per heavy atom. The molecule has 1 aromatic carbocycles. The maximum atomic E-state index is 13.3. The maximum absolute atomic E-state index is 13.3. The van der Waals surface area contributed by atoms with E-state index in [4.69, 9.17) is 10.5 Å². The predicted octanol–water partition coefficient (Wildman–Crippen LogP) is 2.42. The first-order valence-corrected chi connectivity index (χ1v) is 6.17. The average Bonchev–Trinajstić information content (AvgIpc) is 2.84. The lowest BCUT2D eigenvalue weighted by atomic mass is 10.1. The minimum Gasteiger partial charge on any atom is -0.493 e. The number of anilines is 1. The minimum absolute atomic E-state index is 0.0346. The Bertz CT molecular complexity index is 650. The molecule has 20 heavy (non-hydrogen) atoms. The Morgan fingerprint density at radius 3 is 2.75 bits per heavy atom. The molecule has 0 spiro atoms. The zero-order chi connectivity index (χ0) is 14.9. The summed E-state index contributed by atoms with van der Waals surface area (Å²) in [5.74, 6) is -0.588. The number of aromatic nitrogens is 2. The van der Waals surface area contributed by atoms with Crippen LogP contribution in [0.5, 0.6) is 5.75 Å². The highest BCUT2D eigenvalue weighted by atomic mass is 19.1. The summed E-state index contributed by atoms with van der Waals surface area (Å²) in [5.41, 5.74) is 6.34. The van der Waals surface area contributed by atoms with Gasteiger partial charge in [-0.1, -0.05) is 0 Å². The Hall–Kier alpha value is -2.37. The van der Waals surface area contributed by atoms with Crippen LogP contribution in [-0.4, -0.2) is 22.7 Å². The Kier molecular flexibility index (Phi) is 3.74. The molecule has 6 heteroatoms. The number of hydrogen-bond acceptors (Lipinski definition) is 4. The van der Waals surface area contributed by atoms with E-state index in [1.165, 1.54) is 30.1 Å². The van der Waals surface area contributed by atoms with E-state index in [0.717, 1.165) is 6.07 Å². The van der Waals surface area contributed by atoms with E-state index in [0.29, 0.717) is 5.75 Å². The lowest BCUT2D eigenvalue weighted by Crippen LogP contribution is -2.15. The second kappa shape index (κ2) is 5.32. The predicted molar refractivity (Wildman–Crippen MR) is 73.4 cm³/mol. The fourth-order valence-electron chi connectivity index (χ4n) is 1.96. The molecule has 2 N–H and O–H groups in total. The first-order valence-electron chi connectivity index (χ1n) is 6.17. The molecule has 2 rings (SSSR count). The van der Waals surface area contributed by atoms with Crippen LogP contribution in [0.1, 0.15) is 35.9 Å². The number of carbonyl (C=O) groups is 1. The summed E-state index contributed by atoms with van der Waals surface area (Å²) < 4.78 is 20.0. The topological polar surface area (TPSA) is 70.1 Å². The molecular formula is C14H16FN3O2. The molecule has 0 aliphatic heterocycles. The van der Waals surface area contributed by atoms with E-state index in [-0.39, 0.29) is 23.0 Å². The number of hydrogen-bond donors (Lipinski definition) is 1. The summed E-state index contributed by atoms with van der Waals surface area (Å²) in [6, 6.07) is 3.66. The first kappa shape index (κ1) is 14.0. The number of ketones is 1. The number of nitrogens with two attached hydrogens (primary N) is 1. The van der Waals surface area contributed by atoms with Crippen molar-refractivity contribution >= 4 is 11.5 Å². The van der Waals surface area contributed by atoms with Crippen LogP contribution in [0.3, 0.4) is 0 Å². The minimum atomic E-state index is -0.517. The van der Waals surface area contributed by atoms with Crippen molar-refractivity contribution < 1.29 is 13.9 Å². The number of benzene rings is 1. The molecule has 1 aromatic heterocycles.